The second-order valence-corrected chi connectivity index (χ2v) is 7.42. The molecule has 0 radical (unpaired) electrons. The number of aryl methyl sites for hydroxylation is 1. The van der Waals surface area contributed by atoms with Crippen molar-refractivity contribution in [3.8, 4) is 11.5 Å². The number of halogens is 1. The van der Waals surface area contributed by atoms with Crippen molar-refractivity contribution < 1.29 is 9.47 Å². The van der Waals surface area contributed by atoms with Crippen LogP contribution in [0.2, 0.25) is 5.02 Å². The van der Waals surface area contributed by atoms with E-state index in [9.17, 15) is 0 Å². The Morgan fingerprint density at radius 2 is 1.96 bits per heavy atom. The quantitative estimate of drug-likeness (QED) is 0.743. The lowest BCUT2D eigenvalue weighted by Gasteiger charge is -2.35. The normalized spacial score (nSPS) is 18.8. The smallest absolute Gasteiger partial charge is 0.255 e. The van der Waals surface area contributed by atoms with Crippen LogP contribution in [0.4, 0.5) is 5.69 Å². The number of benzene rings is 2. The summed E-state index contributed by atoms with van der Waals surface area (Å²) < 4.78 is 11.5. The van der Waals surface area contributed by atoms with Gasteiger partial charge in [-0.15, -0.1) is 0 Å². The summed E-state index contributed by atoms with van der Waals surface area (Å²) in [6.45, 7) is 7.69. The molecule has 0 saturated heterocycles. The lowest BCUT2D eigenvalue weighted by Crippen LogP contribution is -2.39. The lowest BCUT2D eigenvalue weighted by molar-refractivity contribution is 0.192. The van der Waals surface area contributed by atoms with Crippen LogP contribution in [0.1, 0.15) is 18.1 Å². The molecule has 130 valence electrons. The molecule has 2 aromatic rings. The van der Waals surface area contributed by atoms with Crippen LogP contribution < -0.4 is 14.8 Å². The minimum Gasteiger partial charge on any atom is -0.494 e. The molecule has 0 aromatic heterocycles. The molecule has 0 bridgehead atoms. The predicted octanol–water partition coefficient (Wildman–Crippen LogP) is 5.57. The maximum atomic E-state index is 6.26. The van der Waals surface area contributed by atoms with Gasteiger partial charge in [0.2, 0.25) is 0 Å². The molecule has 1 aliphatic heterocycles. The van der Waals surface area contributed by atoms with Crippen LogP contribution in [0.25, 0.3) is 6.08 Å². The van der Waals surface area contributed by atoms with Crippen molar-refractivity contribution in [2.24, 2.45) is 4.99 Å². The van der Waals surface area contributed by atoms with Crippen molar-refractivity contribution in [2.45, 2.75) is 18.9 Å². The highest BCUT2D eigenvalue weighted by molar-refractivity contribution is 8.16. The first-order valence-electron chi connectivity index (χ1n) is 7.75. The van der Waals surface area contributed by atoms with Crippen molar-refractivity contribution in [2.75, 3.05) is 12.4 Å². The first-order chi connectivity index (χ1) is 12.0. The highest BCUT2D eigenvalue weighted by Crippen LogP contribution is 2.43. The van der Waals surface area contributed by atoms with Crippen LogP contribution in [0, 0.1) is 6.92 Å². The fourth-order valence-corrected chi connectivity index (χ4v) is 3.68. The van der Waals surface area contributed by atoms with Gasteiger partial charge in [-0.1, -0.05) is 48.5 Å². The third kappa shape index (κ3) is 3.62. The van der Waals surface area contributed by atoms with E-state index in [2.05, 4.69) is 16.9 Å². The molecule has 0 fully saturated rings. The molecule has 1 heterocycles. The average Bonchev–Trinajstić information content (AvgIpc) is 2.55. The van der Waals surface area contributed by atoms with Gasteiger partial charge in [-0.25, -0.2) is 4.99 Å². The minimum atomic E-state index is -0.734. The van der Waals surface area contributed by atoms with Gasteiger partial charge in [-0.2, -0.15) is 0 Å². The average molecular weight is 375 g/mol. The number of para-hydroxylation sites is 2. The zero-order chi connectivity index (χ0) is 18.0. The van der Waals surface area contributed by atoms with E-state index in [-0.39, 0.29) is 0 Å². The monoisotopic (exact) mass is 374 g/mol. The molecule has 6 heteroatoms. The van der Waals surface area contributed by atoms with Crippen molar-refractivity contribution in [3.63, 3.8) is 0 Å². The van der Waals surface area contributed by atoms with Gasteiger partial charge >= 0.3 is 0 Å². The number of hydrogen-bond acceptors (Lipinski definition) is 5. The molecular formula is C19H19ClN2O2S. The number of aliphatic imine (C=N–C) groups is 1. The standard InChI is InChI=1S/C19H19ClN2O2S/c1-5-13-9-7-10-14(20)17(13)24-19(3)22-18(25-19)21-15-11-6-8-12(2)16(15)23-4/h5-11H,1H2,2-4H3,(H,21,22). The third-order valence-electron chi connectivity index (χ3n) is 3.76. The number of hydrogen-bond donors (Lipinski definition) is 1. The Morgan fingerprint density at radius 3 is 2.64 bits per heavy atom. The van der Waals surface area contributed by atoms with Gasteiger partial charge < -0.3 is 14.8 Å². The molecule has 25 heavy (non-hydrogen) atoms. The van der Waals surface area contributed by atoms with E-state index in [0.29, 0.717) is 10.8 Å². The van der Waals surface area contributed by atoms with Gasteiger partial charge in [0, 0.05) is 12.5 Å². The Labute approximate surface area is 156 Å². The van der Waals surface area contributed by atoms with Gasteiger partial charge in [0.15, 0.2) is 5.17 Å². The van der Waals surface area contributed by atoms with Crippen LogP contribution in [0.15, 0.2) is 48.0 Å². The Morgan fingerprint density at radius 1 is 1.24 bits per heavy atom. The fraction of sp³-hybridized carbons (Fsp3) is 0.211. The molecule has 3 rings (SSSR count). The summed E-state index contributed by atoms with van der Waals surface area (Å²) in [5.74, 6) is 1.39. The van der Waals surface area contributed by atoms with Gasteiger partial charge in [0.05, 0.1) is 17.8 Å². The number of anilines is 1. The number of amidine groups is 1. The SMILES string of the molecule is C=Cc1cccc(Cl)c1OC1(C)N=C(Nc2cccc(C)c2OC)S1. The predicted molar refractivity (Wildman–Crippen MR) is 107 cm³/mol. The Hall–Kier alpha value is -2.11. The molecule has 1 unspecified atom stereocenters. The molecule has 0 spiro atoms. The zero-order valence-corrected chi connectivity index (χ0v) is 15.9. The maximum Gasteiger partial charge on any atom is 0.255 e. The van der Waals surface area contributed by atoms with Crippen LogP contribution >= 0.6 is 23.4 Å². The van der Waals surface area contributed by atoms with Crippen LogP contribution in [0.3, 0.4) is 0 Å². The first-order valence-corrected chi connectivity index (χ1v) is 8.94. The zero-order valence-electron chi connectivity index (χ0n) is 14.3. The highest BCUT2D eigenvalue weighted by Gasteiger charge is 2.39. The largest absolute Gasteiger partial charge is 0.494 e. The lowest BCUT2D eigenvalue weighted by atomic mass is 10.2. The molecule has 2 aromatic carbocycles. The number of rotatable bonds is 5. The van der Waals surface area contributed by atoms with E-state index >= 15 is 0 Å². The molecule has 0 saturated carbocycles. The van der Waals surface area contributed by atoms with E-state index < -0.39 is 5.06 Å². The molecule has 0 amide bonds. The topological polar surface area (TPSA) is 42.8 Å². The van der Waals surface area contributed by atoms with Gasteiger partial charge in [0.25, 0.3) is 5.06 Å². The second kappa shape index (κ2) is 7.02. The maximum absolute atomic E-state index is 6.26. The van der Waals surface area contributed by atoms with Crippen molar-refractivity contribution in [1.29, 1.82) is 0 Å². The van der Waals surface area contributed by atoms with Crippen molar-refractivity contribution in [3.05, 3.63) is 59.1 Å². The van der Waals surface area contributed by atoms with Crippen LogP contribution in [-0.2, 0) is 0 Å². The molecule has 1 N–H and O–H groups in total. The summed E-state index contributed by atoms with van der Waals surface area (Å²) in [4.78, 5) is 4.56. The fourth-order valence-electron chi connectivity index (χ4n) is 2.59. The molecule has 1 aliphatic rings. The van der Waals surface area contributed by atoms with Gasteiger partial charge in [-0.3, -0.25) is 0 Å². The van der Waals surface area contributed by atoms with E-state index in [4.69, 9.17) is 21.1 Å². The second-order valence-electron chi connectivity index (χ2n) is 5.66. The summed E-state index contributed by atoms with van der Waals surface area (Å²) in [6.07, 6.45) is 1.72. The molecular weight excluding hydrogens is 356 g/mol. The first kappa shape index (κ1) is 17.7. The Bertz CT molecular complexity index is 853. The van der Waals surface area contributed by atoms with E-state index in [0.717, 1.165) is 27.7 Å². The van der Waals surface area contributed by atoms with Crippen molar-refractivity contribution in [1.82, 2.24) is 0 Å². The number of nitrogens with one attached hydrogen (secondary N) is 1. The highest BCUT2D eigenvalue weighted by atomic mass is 35.5. The number of methoxy groups -OCH3 is 1. The number of thioether (sulfide) groups is 1. The van der Waals surface area contributed by atoms with Crippen molar-refractivity contribution >= 4 is 40.3 Å². The van der Waals surface area contributed by atoms with E-state index in [1.807, 2.05) is 44.2 Å². The van der Waals surface area contributed by atoms with Gasteiger partial charge in [0.1, 0.15) is 11.5 Å². The Balaban J connectivity index is 1.77. The third-order valence-corrected chi connectivity index (χ3v) is 4.99. The summed E-state index contributed by atoms with van der Waals surface area (Å²) >= 11 is 7.74. The summed E-state index contributed by atoms with van der Waals surface area (Å²) in [5.41, 5.74) is 2.77. The van der Waals surface area contributed by atoms with Gasteiger partial charge in [-0.05, 0) is 36.4 Å². The minimum absolute atomic E-state index is 0.538. The summed E-state index contributed by atoms with van der Waals surface area (Å²) in [5, 5.41) is 3.84. The van der Waals surface area contributed by atoms with Crippen LogP contribution in [-0.4, -0.2) is 17.3 Å². The number of nitrogens with zero attached hydrogens (tertiary/aromatic N) is 1. The van der Waals surface area contributed by atoms with E-state index in [1.54, 1.807) is 19.3 Å². The Kier molecular flexibility index (Phi) is 4.97. The molecule has 0 aliphatic carbocycles. The summed E-state index contributed by atoms with van der Waals surface area (Å²) in [6, 6.07) is 11.5. The van der Waals surface area contributed by atoms with E-state index in [1.165, 1.54) is 11.8 Å². The number of ether oxygens (including phenoxy) is 2. The van der Waals surface area contributed by atoms with Crippen LogP contribution in [0.5, 0.6) is 11.5 Å². The summed E-state index contributed by atoms with van der Waals surface area (Å²) in [7, 11) is 1.66. The molecule has 4 nitrogen and oxygen atoms in total. The molecule has 1 atom stereocenters.